The number of rotatable bonds is 7. The molecule has 9 nitrogen and oxygen atoms in total. The van der Waals surface area contributed by atoms with Gasteiger partial charge in [0, 0.05) is 49.7 Å². The molecule has 0 saturated carbocycles. The van der Waals surface area contributed by atoms with E-state index >= 15 is 0 Å². The summed E-state index contributed by atoms with van der Waals surface area (Å²) in [5.74, 6) is -0.170. The monoisotopic (exact) mass is 393 g/mol. The van der Waals surface area contributed by atoms with Gasteiger partial charge in [-0.25, -0.2) is 0 Å². The molecule has 0 fully saturated rings. The fourth-order valence-electron chi connectivity index (χ4n) is 3.64. The lowest BCUT2D eigenvalue weighted by atomic mass is 9.99. The van der Waals surface area contributed by atoms with E-state index in [0.717, 1.165) is 0 Å². The van der Waals surface area contributed by atoms with E-state index in [2.05, 4.69) is 15.2 Å². The molecule has 148 valence electrons. The van der Waals surface area contributed by atoms with Crippen molar-refractivity contribution in [2.45, 2.75) is 12.5 Å². The Labute approximate surface area is 166 Å². The number of aromatic nitrogens is 3. The Morgan fingerprint density at radius 2 is 2.14 bits per heavy atom. The van der Waals surface area contributed by atoms with E-state index in [-0.39, 0.29) is 11.6 Å². The molecule has 1 unspecified atom stereocenters. The largest absolute Gasteiger partial charge is 0.385 e. The zero-order chi connectivity index (χ0) is 20.4. The first-order valence-electron chi connectivity index (χ1n) is 9.15. The summed E-state index contributed by atoms with van der Waals surface area (Å²) in [6, 6.07) is 11.4. The van der Waals surface area contributed by atoms with Crippen molar-refractivity contribution in [2.24, 2.45) is 0 Å². The fraction of sp³-hybridized carbons (Fsp3) is 0.250. The second-order valence-corrected chi connectivity index (χ2v) is 6.67. The number of benzene rings is 1. The third-order valence-corrected chi connectivity index (χ3v) is 4.91. The quantitative estimate of drug-likeness (QED) is 0.375. The number of fused-ring (bicyclic) bond motifs is 1. The summed E-state index contributed by atoms with van der Waals surface area (Å²) in [7, 11) is 1.62. The molecule has 1 amide bonds. The smallest absolute Gasteiger partial charge is 0.273 e. The SMILES string of the molecule is COCCCN1C(=O)c2[nH]nc(-c3cccc([N+](=O)[O-])c3)c2C1c1ccccn1. The van der Waals surface area contributed by atoms with Crippen LogP contribution in [-0.2, 0) is 4.74 Å². The Bertz CT molecular complexity index is 1050. The number of amides is 1. The number of nitrogens with zero attached hydrogens (tertiary/aromatic N) is 4. The Kier molecular flexibility index (Phi) is 5.05. The summed E-state index contributed by atoms with van der Waals surface area (Å²) in [6.45, 7) is 1.02. The minimum Gasteiger partial charge on any atom is -0.385 e. The normalized spacial score (nSPS) is 15.6. The molecule has 0 bridgehead atoms. The average Bonchev–Trinajstić information content (AvgIpc) is 3.28. The van der Waals surface area contributed by atoms with Crippen molar-refractivity contribution in [3.05, 3.63) is 75.7 Å². The van der Waals surface area contributed by atoms with Crippen LogP contribution in [0.25, 0.3) is 11.3 Å². The molecular weight excluding hydrogens is 374 g/mol. The van der Waals surface area contributed by atoms with Crippen LogP contribution in [0.2, 0.25) is 0 Å². The number of ether oxygens (including phenoxy) is 1. The number of nitro groups is 1. The van der Waals surface area contributed by atoms with Gasteiger partial charge in [-0.1, -0.05) is 18.2 Å². The summed E-state index contributed by atoms with van der Waals surface area (Å²) < 4.78 is 5.13. The molecule has 0 saturated heterocycles. The summed E-state index contributed by atoms with van der Waals surface area (Å²) in [4.78, 5) is 30.0. The van der Waals surface area contributed by atoms with Gasteiger partial charge in [-0.05, 0) is 18.6 Å². The standard InChI is InChI=1S/C20H19N5O4/c1-29-11-5-10-24-19(15-8-2-3-9-21-15)16-17(22-23-18(16)20(24)26)13-6-4-7-14(12-13)25(27)28/h2-4,6-9,12,19H,5,10-11H2,1H3,(H,22,23). The lowest BCUT2D eigenvalue weighted by Gasteiger charge is -2.25. The van der Waals surface area contributed by atoms with Gasteiger partial charge in [0.15, 0.2) is 0 Å². The van der Waals surface area contributed by atoms with E-state index in [1.54, 1.807) is 30.3 Å². The molecule has 1 aromatic carbocycles. The highest BCUT2D eigenvalue weighted by Gasteiger charge is 2.42. The van der Waals surface area contributed by atoms with Crippen LogP contribution < -0.4 is 0 Å². The van der Waals surface area contributed by atoms with Gasteiger partial charge in [-0.15, -0.1) is 0 Å². The third kappa shape index (κ3) is 3.36. The van der Waals surface area contributed by atoms with Gasteiger partial charge >= 0.3 is 0 Å². The maximum atomic E-state index is 13.1. The highest BCUT2D eigenvalue weighted by Crippen LogP contribution is 2.42. The minimum atomic E-state index is -0.450. The number of hydrogen-bond acceptors (Lipinski definition) is 6. The van der Waals surface area contributed by atoms with Gasteiger partial charge < -0.3 is 9.64 Å². The maximum Gasteiger partial charge on any atom is 0.273 e. The van der Waals surface area contributed by atoms with E-state index in [1.807, 2.05) is 18.2 Å². The number of H-pyrrole nitrogens is 1. The van der Waals surface area contributed by atoms with E-state index in [4.69, 9.17) is 4.74 Å². The van der Waals surface area contributed by atoms with Gasteiger partial charge in [0.1, 0.15) is 11.7 Å². The van der Waals surface area contributed by atoms with Crippen molar-refractivity contribution in [2.75, 3.05) is 20.3 Å². The van der Waals surface area contributed by atoms with Gasteiger partial charge in [0.05, 0.1) is 16.3 Å². The molecule has 1 N–H and O–H groups in total. The molecule has 3 aromatic rings. The molecule has 1 atom stereocenters. The summed E-state index contributed by atoms with van der Waals surface area (Å²) in [5, 5.41) is 18.3. The highest BCUT2D eigenvalue weighted by atomic mass is 16.6. The maximum absolute atomic E-state index is 13.1. The highest BCUT2D eigenvalue weighted by molar-refractivity contribution is 6.00. The first kappa shape index (κ1) is 18.8. The van der Waals surface area contributed by atoms with Gasteiger partial charge in [-0.2, -0.15) is 5.10 Å². The lowest BCUT2D eigenvalue weighted by Crippen LogP contribution is -2.31. The number of methoxy groups -OCH3 is 1. The first-order chi connectivity index (χ1) is 14.1. The zero-order valence-electron chi connectivity index (χ0n) is 15.7. The molecule has 9 heteroatoms. The van der Waals surface area contributed by atoms with Gasteiger partial charge in [0.2, 0.25) is 0 Å². The molecule has 3 heterocycles. The molecular formula is C20H19N5O4. The summed E-state index contributed by atoms with van der Waals surface area (Å²) in [5.41, 5.74) is 2.84. The fourth-order valence-corrected chi connectivity index (χ4v) is 3.64. The zero-order valence-corrected chi connectivity index (χ0v) is 15.7. The average molecular weight is 393 g/mol. The van der Waals surface area contributed by atoms with E-state index in [1.165, 1.54) is 12.1 Å². The Hall–Kier alpha value is -3.59. The van der Waals surface area contributed by atoms with E-state index in [9.17, 15) is 14.9 Å². The number of hydrogen-bond donors (Lipinski definition) is 1. The summed E-state index contributed by atoms with van der Waals surface area (Å²) >= 11 is 0. The molecule has 0 spiro atoms. The number of nitro benzene ring substituents is 1. The molecule has 4 rings (SSSR count). The molecule has 0 aliphatic carbocycles. The van der Waals surface area contributed by atoms with Crippen LogP contribution in [-0.4, -0.2) is 51.2 Å². The Balaban J connectivity index is 1.82. The van der Waals surface area contributed by atoms with Crippen molar-refractivity contribution in [1.29, 1.82) is 0 Å². The van der Waals surface area contributed by atoms with Crippen LogP contribution in [0.5, 0.6) is 0 Å². The predicted octanol–water partition coefficient (Wildman–Crippen LogP) is 2.96. The molecule has 1 aliphatic heterocycles. The van der Waals surface area contributed by atoms with Crippen LogP contribution in [0, 0.1) is 10.1 Å². The second kappa shape index (κ2) is 7.80. The minimum absolute atomic E-state index is 0.0325. The van der Waals surface area contributed by atoms with Crippen LogP contribution in [0.1, 0.15) is 34.2 Å². The predicted molar refractivity (Wildman–Crippen MR) is 104 cm³/mol. The van der Waals surface area contributed by atoms with E-state index in [0.29, 0.717) is 47.8 Å². The lowest BCUT2D eigenvalue weighted by molar-refractivity contribution is -0.384. The third-order valence-electron chi connectivity index (χ3n) is 4.91. The summed E-state index contributed by atoms with van der Waals surface area (Å²) in [6.07, 6.45) is 2.35. The number of non-ortho nitro benzene ring substituents is 1. The number of carbonyl (C=O) groups is 1. The molecule has 2 aromatic heterocycles. The van der Waals surface area contributed by atoms with E-state index < -0.39 is 11.0 Å². The van der Waals surface area contributed by atoms with Crippen LogP contribution in [0.3, 0.4) is 0 Å². The number of nitrogens with one attached hydrogen (secondary N) is 1. The first-order valence-corrected chi connectivity index (χ1v) is 9.15. The Morgan fingerprint density at radius 3 is 2.86 bits per heavy atom. The van der Waals surface area contributed by atoms with Crippen LogP contribution >= 0.6 is 0 Å². The van der Waals surface area contributed by atoms with Crippen molar-refractivity contribution < 1.29 is 14.5 Å². The molecule has 1 aliphatic rings. The van der Waals surface area contributed by atoms with Crippen molar-refractivity contribution >= 4 is 11.6 Å². The molecule has 0 radical (unpaired) electrons. The molecule has 29 heavy (non-hydrogen) atoms. The van der Waals surface area contributed by atoms with Gasteiger partial charge in [-0.3, -0.25) is 25.0 Å². The van der Waals surface area contributed by atoms with Crippen LogP contribution in [0.4, 0.5) is 5.69 Å². The van der Waals surface area contributed by atoms with Crippen molar-refractivity contribution in [3.8, 4) is 11.3 Å². The topological polar surface area (TPSA) is 114 Å². The Morgan fingerprint density at radius 1 is 1.28 bits per heavy atom. The second-order valence-electron chi connectivity index (χ2n) is 6.67. The number of pyridine rings is 1. The van der Waals surface area contributed by atoms with Gasteiger partial charge in [0.25, 0.3) is 11.6 Å². The number of carbonyl (C=O) groups excluding carboxylic acids is 1. The van der Waals surface area contributed by atoms with Crippen LogP contribution in [0.15, 0.2) is 48.7 Å². The number of aromatic amines is 1. The van der Waals surface area contributed by atoms with Crippen molar-refractivity contribution in [3.63, 3.8) is 0 Å². The van der Waals surface area contributed by atoms with Crippen molar-refractivity contribution in [1.82, 2.24) is 20.1 Å².